The first-order valence-corrected chi connectivity index (χ1v) is 6.30. The number of rotatable bonds is 5. The third-order valence-corrected chi connectivity index (χ3v) is 4.61. The van der Waals surface area contributed by atoms with Crippen molar-refractivity contribution in [2.45, 2.75) is 38.9 Å². The quantitative estimate of drug-likeness (QED) is 0.680. The van der Waals surface area contributed by atoms with E-state index in [1.165, 1.54) is 0 Å². The van der Waals surface area contributed by atoms with Gasteiger partial charge in [0.25, 0.3) is 0 Å². The van der Waals surface area contributed by atoms with Gasteiger partial charge in [0.2, 0.25) is 0 Å². The average molecular weight is 202 g/mol. The monoisotopic (exact) mass is 202 g/mol. The third-order valence-electron chi connectivity index (χ3n) is 2.67. The van der Waals surface area contributed by atoms with Gasteiger partial charge in [-0.2, -0.15) is 0 Å². The van der Waals surface area contributed by atoms with Crippen LogP contribution in [0.2, 0.25) is 0 Å². The molecular formula is C10H18O2S. The van der Waals surface area contributed by atoms with Crippen LogP contribution in [0.3, 0.4) is 0 Å². The normalized spacial score (nSPS) is 21.5. The molecule has 0 N–H and O–H groups in total. The molecule has 1 rings (SSSR count). The first-order chi connectivity index (χ1) is 6.02. The summed E-state index contributed by atoms with van der Waals surface area (Å²) in [5.41, 5.74) is 0. The Labute approximate surface area is 82.6 Å². The van der Waals surface area contributed by atoms with Crippen LogP contribution in [0.15, 0.2) is 0 Å². The lowest BCUT2D eigenvalue weighted by atomic mass is 10.2. The zero-order valence-electron chi connectivity index (χ0n) is 8.58. The second-order valence-electron chi connectivity index (χ2n) is 4.21. The maximum absolute atomic E-state index is 11.6. The van der Waals surface area contributed by atoms with Crippen molar-refractivity contribution in [2.24, 2.45) is 11.8 Å². The highest BCUT2D eigenvalue weighted by Gasteiger charge is 2.31. The van der Waals surface area contributed by atoms with Crippen LogP contribution in [-0.2, 0) is 15.6 Å². The Morgan fingerprint density at radius 2 is 1.92 bits per heavy atom. The topological polar surface area (TPSA) is 34.1 Å². The first-order valence-electron chi connectivity index (χ1n) is 4.92. The maximum Gasteiger partial charge on any atom is 0.148 e. The molecule has 2 atom stereocenters. The molecule has 0 radical (unpaired) electrons. The van der Waals surface area contributed by atoms with Crippen LogP contribution in [0.4, 0.5) is 0 Å². The zero-order valence-corrected chi connectivity index (χ0v) is 9.39. The summed E-state index contributed by atoms with van der Waals surface area (Å²) in [5, 5.41) is 0.141. The van der Waals surface area contributed by atoms with Crippen LogP contribution in [0.5, 0.6) is 0 Å². The van der Waals surface area contributed by atoms with Crippen molar-refractivity contribution >= 4 is 16.6 Å². The number of carbonyl (C=O) groups is 1. The molecule has 0 aliphatic heterocycles. The Bertz CT molecular complexity index is 219. The fourth-order valence-corrected chi connectivity index (χ4v) is 2.48. The second-order valence-corrected chi connectivity index (χ2v) is 6.01. The summed E-state index contributed by atoms with van der Waals surface area (Å²) >= 11 is 0. The van der Waals surface area contributed by atoms with E-state index in [0.717, 1.165) is 12.8 Å². The number of Topliss-reactive ketones (excluding diaryl/α,β-unsaturated/α-hetero) is 1. The Balaban J connectivity index is 2.35. The van der Waals surface area contributed by atoms with Crippen LogP contribution in [-0.4, -0.2) is 21.0 Å². The number of carbonyl (C=O) groups excluding carboxylic acids is 1. The van der Waals surface area contributed by atoms with E-state index in [-0.39, 0.29) is 22.7 Å². The molecule has 0 saturated heterocycles. The molecule has 3 heteroatoms. The van der Waals surface area contributed by atoms with Gasteiger partial charge in [0.1, 0.15) is 5.78 Å². The maximum atomic E-state index is 11.6. The molecule has 0 bridgehead atoms. The van der Waals surface area contributed by atoms with E-state index in [1.807, 2.05) is 20.8 Å². The Morgan fingerprint density at radius 3 is 2.31 bits per heavy atom. The van der Waals surface area contributed by atoms with Crippen molar-refractivity contribution in [1.29, 1.82) is 0 Å². The first kappa shape index (κ1) is 10.9. The van der Waals surface area contributed by atoms with E-state index in [2.05, 4.69) is 0 Å². The van der Waals surface area contributed by atoms with E-state index in [4.69, 9.17) is 0 Å². The van der Waals surface area contributed by atoms with Crippen LogP contribution in [0.25, 0.3) is 0 Å². The van der Waals surface area contributed by atoms with E-state index in [1.54, 1.807) is 0 Å². The van der Waals surface area contributed by atoms with E-state index >= 15 is 0 Å². The van der Waals surface area contributed by atoms with Crippen molar-refractivity contribution in [1.82, 2.24) is 0 Å². The summed E-state index contributed by atoms with van der Waals surface area (Å²) in [5.74, 6) is 1.14. The number of ketones is 1. The van der Waals surface area contributed by atoms with Gasteiger partial charge < -0.3 is 0 Å². The van der Waals surface area contributed by atoms with Gasteiger partial charge in [-0.1, -0.05) is 20.8 Å². The molecule has 0 aromatic heterocycles. The predicted octanol–water partition coefficient (Wildman–Crippen LogP) is 1.76. The van der Waals surface area contributed by atoms with Crippen molar-refractivity contribution in [3.05, 3.63) is 0 Å². The zero-order chi connectivity index (χ0) is 10.0. The Kier molecular flexibility index (Phi) is 3.65. The summed E-state index contributed by atoms with van der Waals surface area (Å²) in [6.07, 6.45) is 2.04. The van der Waals surface area contributed by atoms with Crippen LogP contribution < -0.4 is 0 Å². The van der Waals surface area contributed by atoms with Gasteiger partial charge in [0.15, 0.2) is 0 Å². The molecule has 0 aromatic rings. The molecule has 0 amide bonds. The van der Waals surface area contributed by atoms with Gasteiger partial charge in [-0.15, -0.1) is 0 Å². The molecule has 13 heavy (non-hydrogen) atoms. The minimum Gasteiger partial charge on any atom is -0.298 e. The molecule has 0 spiro atoms. The molecule has 1 fully saturated rings. The van der Waals surface area contributed by atoms with E-state index in [9.17, 15) is 9.00 Å². The van der Waals surface area contributed by atoms with Crippen molar-refractivity contribution in [3.8, 4) is 0 Å². The van der Waals surface area contributed by atoms with E-state index in [0.29, 0.717) is 5.92 Å². The minimum atomic E-state index is -0.955. The summed E-state index contributed by atoms with van der Waals surface area (Å²) in [4.78, 5) is 11.3. The van der Waals surface area contributed by atoms with Crippen LogP contribution in [0.1, 0.15) is 33.6 Å². The molecule has 1 aliphatic rings. The fourth-order valence-electron chi connectivity index (χ4n) is 1.10. The van der Waals surface area contributed by atoms with Gasteiger partial charge in [-0.3, -0.25) is 9.00 Å². The largest absolute Gasteiger partial charge is 0.298 e. The SMILES string of the molecule is CC(C)C(C)S(=O)CC(=O)C1CC1. The highest BCUT2D eigenvalue weighted by Crippen LogP contribution is 2.30. The fraction of sp³-hybridized carbons (Fsp3) is 0.900. The van der Waals surface area contributed by atoms with Crippen molar-refractivity contribution < 1.29 is 9.00 Å². The van der Waals surface area contributed by atoms with Crippen LogP contribution in [0, 0.1) is 11.8 Å². The molecule has 0 heterocycles. The molecule has 0 aromatic carbocycles. The minimum absolute atomic E-state index is 0.141. The van der Waals surface area contributed by atoms with Crippen LogP contribution >= 0.6 is 0 Å². The summed E-state index contributed by atoms with van der Waals surface area (Å²) in [6.45, 7) is 6.05. The molecule has 76 valence electrons. The number of hydrogen-bond acceptors (Lipinski definition) is 2. The molecule has 1 aliphatic carbocycles. The average Bonchev–Trinajstić information content (AvgIpc) is 2.84. The van der Waals surface area contributed by atoms with Gasteiger partial charge in [0, 0.05) is 22.0 Å². The third kappa shape index (κ3) is 3.22. The van der Waals surface area contributed by atoms with Crippen molar-refractivity contribution in [2.75, 3.05) is 5.75 Å². The van der Waals surface area contributed by atoms with Crippen molar-refractivity contribution in [3.63, 3.8) is 0 Å². The molecule has 1 saturated carbocycles. The lowest BCUT2D eigenvalue weighted by molar-refractivity contribution is -0.117. The summed E-state index contributed by atoms with van der Waals surface area (Å²) in [6, 6.07) is 0. The lowest BCUT2D eigenvalue weighted by Crippen LogP contribution is -2.24. The predicted molar refractivity (Wildman–Crippen MR) is 55.0 cm³/mol. The van der Waals surface area contributed by atoms with Gasteiger partial charge in [-0.05, 0) is 18.8 Å². The number of hydrogen-bond donors (Lipinski definition) is 0. The summed E-state index contributed by atoms with van der Waals surface area (Å²) < 4.78 is 11.6. The molecule has 2 nitrogen and oxygen atoms in total. The smallest absolute Gasteiger partial charge is 0.148 e. The Morgan fingerprint density at radius 1 is 1.38 bits per heavy atom. The highest BCUT2D eigenvalue weighted by molar-refractivity contribution is 7.86. The molecule has 2 unspecified atom stereocenters. The second kappa shape index (κ2) is 4.36. The Hall–Kier alpha value is -0.180. The molecular weight excluding hydrogens is 184 g/mol. The summed E-state index contributed by atoms with van der Waals surface area (Å²) in [7, 11) is -0.955. The standard InChI is InChI=1S/C10H18O2S/c1-7(2)8(3)13(12)6-10(11)9-4-5-9/h7-9H,4-6H2,1-3H3. The van der Waals surface area contributed by atoms with Gasteiger partial charge in [-0.25, -0.2) is 0 Å². The van der Waals surface area contributed by atoms with Gasteiger partial charge >= 0.3 is 0 Å². The van der Waals surface area contributed by atoms with Gasteiger partial charge in [0.05, 0.1) is 5.75 Å². The van der Waals surface area contributed by atoms with E-state index < -0.39 is 10.8 Å². The lowest BCUT2D eigenvalue weighted by Gasteiger charge is -2.14. The highest BCUT2D eigenvalue weighted by atomic mass is 32.2.